The minimum atomic E-state index is -0.933. The Labute approximate surface area is 111 Å². The van der Waals surface area contributed by atoms with Gasteiger partial charge in [-0.15, -0.1) is 0 Å². The Morgan fingerprint density at radius 2 is 2.26 bits per heavy atom. The third kappa shape index (κ3) is 2.41. The van der Waals surface area contributed by atoms with Gasteiger partial charge in [0.1, 0.15) is 5.75 Å². The first-order chi connectivity index (χ1) is 9.08. The Morgan fingerprint density at radius 1 is 1.53 bits per heavy atom. The number of carboxylic acid groups (broad SMARTS) is 1. The fourth-order valence-corrected chi connectivity index (χ4v) is 2.62. The molecule has 0 aliphatic carbocycles. The maximum Gasteiger partial charge on any atom is 0.309 e. The summed E-state index contributed by atoms with van der Waals surface area (Å²) < 4.78 is 5.15. The second-order valence-corrected chi connectivity index (χ2v) is 4.55. The molecule has 0 spiro atoms. The molecule has 1 heterocycles. The maximum atomic E-state index is 11.9. The van der Waals surface area contributed by atoms with Gasteiger partial charge in [0, 0.05) is 13.0 Å². The van der Waals surface area contributed by atoms with Crippen LogP contribution in [0.15, 0.2) is 24.3 Å². The number of hydrogen-bond acceptors (Lipinski definition) is 3. The first-order valence-corrected chi connectivity index (χ1v) is 6.24. The molecule has 2 rings (SSSR count). The third-order valence-corrected chi connectivity index (χ3v) is 3.52. The van der Waals surface area contributed by atoms with E-state index in [0.29, 0.717) is 12.3 Å². The molecule has 2 atom stereocenters. The quantitative estimate of drug-likeness (QED) is 0.897. The third-order valence-electron chi connectivity index (χ3n) is 3.52. The minimum Gasteiger partial charge on any atom is -0.497 e. The van der Waals surface area contributed by atoms with E-state index in [9.17, 15) is 14.7 Å². The normalized spacial score (nSPS) is 22.6. The van der Waals surface area contributed by atoms with Gasteiger partial charge in [0.25, 0.3) is 0 Å². The molecule has 0 bridgehead atoms. The number of rotatable bonds is 4. The summed E-state index contributed by atoms with van der Waals surface area (Å²) >= 11 is 0. The van der Waals surface area contributed by atoms with Crippen molar-refractivity contribution in [1.29, 1.82) is 0 Å². The van der Waals surface area contributed by atoms with E-state index in [0.717, 1.165) is 5.56 Å². The number of ether oxygens (including phenoxy) is 1. The molecule has 1 aromatic rings. The van der Waals surface area contributed by atoms with Crippen LogP contribution in [0.3, 0.4) is 0 Å². The van der Waals surface area contributed by atoms with Crippen LogP contribution in [0.2, 0.25) is 0 Å². The van der Waals surface area contributed by atoms with Crippen molar-refractivity contribution in [2.75, 3.05) is 13.7 Å². The predicted molar refractivity (Wildman–Crippen MR) is 68.9 cm³/mol. The van der Waals surface area contributed by atoms with Crippen molar-refractivity contribution >= 4 is 11.9 Å². The van der Waals surface area contributed by atoms with Gasteiger partial charge in [-0.25, -0.2) is 0 Å². The number of hydrogen-bond donors (Lipinski definition) is 1. The Kier molecular flexibility index (Phi) is 3.74. The molecule has 0 radical (unpaired) electrons. The fraction of sp³-hybridized carbons (Fsp3) is 0.429. The summed E-state index contributed by atoms with van der Waals surface area (Å²) in [7, 11) is 1.56. The molecule has 2 unspecified atom stereocenters. The van der Waals surface area contributed by atoms with Crippen LogP contribution in [-0.2, 0) is 9.59 Å². The Morgan fingerprint density at radius 3 is 2.84 bits per heavy atom. The molecule has 0 aromatic heterocycles. The van der Waals surface area contributed by atoms with Gasteiger partial charge >= 0.3 is 5.97 Å². The highest BCUT2D eigenvalue weighted by atomic mass is 16.5. The fourth-order valence-electron chi connectivity index (χ4n) is 2.62. The monoisotopic (exact) mass is 263 g/mol. The number of likely N-dealkylation sites (tertiary alicyclic amines) is 1. The van der Waals surface area contributed by atoms with Crippen LogP contribution in [0.5, 0.6) is 5.75 Å². The SMILES string of the molecule is CCN1C(=O)CC(C(=O)O)C1c1cccc(OC)c1. The van der Waals surface area contributed by atoms with Crippen LogP contribution in [0.25, 0.3) is 0 Å². The lowest BCUT2D eigenvalue weighted by Crippen LogP contribution is -2.30. The van der Waals surface area contributed by atoms with Crippen molar-refractivity contribution in [3.05, 3.63) is 29.8 Å². The minimum absolute atomic E-state index is 0.0606. The summed E-state index contributed by atoms with van der Waals surface area (Å²) in [4.78, 5) is 24.8. The van der Waals surface area contributed by atoms with Crippen molar-refractivity contribution < 1.29 is 19.4 Å². The van der Waals surface area contributed by atoms with Crippen molar-refractivity contribution in [3.63, 3.8) is 0 Å². The number of amides is 1. The summed E-state index contributed by atoms with van der Waals surface area (Å²) in [6.07, 6.45) is 0.0606. The van der Waals surface area contributed by atoms with Crippen LogP contribution in [0.1, 0.15) is 24.9 Å². The number of benzene rings is 1. The number of carboxylic acids is 1. The molecule has 5 nitrogen and oxygen atoms in total. The van der Waals surface area contributed by atoms with E-state index in [4.69, 9.17) is 4.74 Å². The summed E-state index contributed by atoms with van der Waals surface area (Å²) in [5.74, 6) is -1.07. The van der Waals surface area contributed by atoms with Crippen molar-refractivity contribution in [2.45, 2.75) is 19.4 Å². The van der Waals surface area contributed by atoms with Crippen LogP contribution in [0.4, 0.5) is 0 Å². The number of nitrogens with zero attached hydrogens (tertiary/aromatic N) is 1. The first-order valence-electron chi connectivity index (χ1n) is 6.24. The molecule has 5 heteroatoms. The molecular weight excluding hydrogens is 246 g/mol. The van der Waals surface area contributed by atoms with Crippen molar-refractivity contribution in [3.8, 4) is 5.75 Å². The molecule has 19 heavy (non-hydrogen) atoms. The smallest absolute Gasteiger partial charge is 0.309 e. The largest absolute Gasteiger partial charge is 0.497 e. The standard InChI is InChI=1S/C14H17NO4/c1-3-15-12(16)8-11(14(17)18)13(15)9-5-4-6-10(7-9)19-2/h4-7,11,13H,3,8H2,1-2H3,(H,17,18). The summed E-state index contributed by atoms with van der Waals surface area (Å²) in [5.41, 5.74) is 0.805. The lowest BCUT2D eigenvalue weighted by Gasteiger charge is -2.26. The topological polar surface area (TPSA) is 66.8 Å². The van der Waals surface area contributed by atoms with Crippen molar-refractivity contribution in [2.24, 2.45) is 5.92 Å². The van der Waals surface area contributed by atoms with Crippen molar-refractivity contribution in [1.82, 2.24) is 4.90 Å². The Hall–Kier alpha value is -2.04. The summed E-state index contributed by atoms with van der Waals surface area (Å²) in [5, 5.41) is 9.29. The molecule has 1 aromatic carbocycles. The molecule has 1 aliphatic heterocycles. The molecule has 102 valence electrons. The highest BCUT2D eigenvalue weighted by Crippen LogP contribution is 2.38. The van der Waals surface area contributed by atoms with Crippen LogP contribution >= 0.6 is 0 Å². The van der Waals surface area contributed by atoms with Gasteiger partial charge in [0.15, 0.2) is 0 Å². The van der Waals surface area contributed by atoms with E-state index in [1.54, 1.807) is 24.1 Å². The van der Waals surface area contributed by atoms with E-state index in [1.807, 2.05) is 19.1 Å². The van der Waals surface area contributed by atoms with Gasteiger partial charge in [0.05, 0.1) is 19.1 Å². The number of carbonyl (C=O) groups excluding carboxylic acids is 1. The zero-order valence-corrected chi connectivity index (χ0v) is 11.0. The van der Waals surface area contributed by atoms with E-state index in [2.05, 4.69) is 0 Å². The number of aliphatic carboxylic acids is 1. The van der Waals surface area contributed by atoms with Crippen LogP contribution in [-0.4, -0.2) is 35.5 Å². The molecule has 1 fully saturated rings. The molecular formula is C14H17NO4. The van der Waals surface area contributed by atoms with Crippen LogP contribution in [0, 0.1) is 5.92 Å². The van der Waals surface area contributed by atoms with Gasteiger partial charge in [-0.2, -0.15) is 0 Å². The van der Waals surface area contributed by atoms with E-state index in [-0.39, 0.29) is 12.3 Å². The van der Waals surface area contributed by atoms with Crippen LogP contribution < -0.4 is 4.74 Å². The van der Waals surface area contributed by atoms with Gasteiger partial charge in [-0.1, -0.05) is 12.1 Å². The zero-order chi connectivity index (χ0) is 14.0. The molecule has 0 saturated carbocycles. The van der Waals surface area contributed by atoms with E-state index in [1.165, 1.54) is 0 Å². The highest BCUT2D eigenvalue weighted by Gasteiger charge is 2.43. The van der Waals surface area contributed by atoms with Gasteiger partial charge in [0.2, 0.25) is 5.91 Å². The molecule has 1 amide bonds. The Bertz CT molecular complexity index is 500. The number of methoxy groups -OCH3 is 1. The second kappa shape index (κ2) is 5.30. The molecule has 1 saturated heterocycles. The van der Waals surface area contributed by atoms with Gasteiger partial charge < -0.3 is 14.7 Å². The Balaban J connectivity index is 2.41. The lowest BCUT2D eigenvalue weighted by molar-refractivity contribution is -0.142. The lowest BCUT2D eigenvalue weighted by atomic mass is 9.93. The summed E-state index contributed by atoms with van der Waals surface area (Å²) in [6.45, 7) is 2.36. The molecule has 1 aliphatic rings. The first kappa shape index (κ1) is 13.4. The predicted octanol–water partition coefficient (Wildman–Crippen LogP) is 1.69. The molecule has 1 N–H and O–H groups in total. The average molecular weight is 263 g/mol. The highest BCUT2D eigenvalue weighted by molar-refractivity contribution is 5.87. The second-order valence-electron chi connectivity index (χ2n) is 4.55. The number of carbonyl (C=O) groups is 2. The summed E-state index contributed by atoms with van der Waals surface area (Å²) in [6, 6.07) is 6.83. The van der Waals surface area contributed by atoms with E-state index < -0.39 is 17.9 Å². The average Bonchev–Trinajstić information content (AvgIpc) is 2.75. The van der Waals surface area contributed by atoms with E-state index >= 15 is 0 Å². The van der Waals surface area contributed by atoms with Gasteiger partial charge in [-0.05, 0) is 24.6 Å². The zero-order valence-electron chi connectivity index (χ0n) is 11.0. The maximum absolute atomic E-state index is 11.9. The van der Waals surface area contributed by atoms with Gasteiger partial charge in [-0.3, -0.25) is 9.59 Å².